The van der Waals surface area contributed by atoms with Crippen LogP contribution in [0.25, 0.3) is 0 Å². The molecule has 0 saturated heterocycles. The number of benzene rings is 2. The lowest BCUT2D eigenvalue weighted by molar-refractivity contribution is -0.117. The van der Waals surface area contributed by atoms with E-state index in [2.05, 4.69) is 17.9 Å². The molecule has 1 aliphatic heterocycles. The third kappa shape index (κ3) is 3.40. The summed E-state index contributed by atoms with van der Waals surface area (Å²) in [4.78, 5) is 16.3. The number of hydrogen-bond donors (Lipinski definition) is 0. The molecule has 0 aromatic heterocycles. The van der Waals surface area contributed by atoms with Crippen molar-refractivity contribution in [2.45, 2.75) is 26.4 Å². The summed E-state index contributed by atoms with van der Waals surface area (Å²) in [6.45, 7) is 5.20. The highest BCUT2D eigenvalue weighted by Crippen LogP contribution is 2.36. The number of anilines is 2. The Morgan fingerprint density at radius 1 is 1.08 bits per heavy atom. The first-order valence-electron chi connectivity index (χ1n) is 8.39. The van der Waals surface area contributed by atoms with E-state index >= 15 is 0 Å². The van der Waals surface area contributed by atoms with Crippen LogP contribution in [0.2, 0.25) is 0 Å². The highest BCUT2D eigenvalue weighted by atomic mass is 16.5. The van der Waals surface area contributed by atoms with Crippen LogP contribution in [0.3, 0.4) is 0 Å². The molecule has 3 rings (SSSR count). The van der Waals surface area contributed by atoms with Gasteiger partial charge >= 0.3 is 0 Å². The van der Waals surface area contributed by atoms with Gasteiger partial charge in [0.2, 0.25) is 5.91 Å². The average Bonchev–Trinajstić information content (AvgIpc) is 2.61. The summed E-state index contributed by atoms with van der Waals surface area (Å²) in [7, 11) is 3.31. The first kappa shape index (κ1) is 17.1. The number of ether oxygens (including phenoxy) is 2. The number of fused-ring (bicyclic) bond motifs is 1. The molecular weight excluding hydrogens is 316 g/mol. The van der Waals surface area contributed by atoms with Crippen molar-refractivity contribution < 1.29 is 14.3 Å². The largest absolute Gasteiger partial charge is 0.497 e. The molecule has 1 heterocycles. The van der Waals surface area contributed by atoms with E-state index in [0.717, 1.165) is 41.5 Å². The van der Waals surface area contributed by atoms with E-state index in [9.17, 15) is 4.79 Å². The maximum atomic E-state index is 12.1. The number of methoxy groups -OCH3 is 2. The third-order valence-corrected chi connectivity index (χ3v) is 4.53. The van der Waals surface area contributed by atoms with Gasteiger partial charge in [-0.05, 0) is 36.8 Å². The van der Waals surface area contributed by atoms with Gasteiger partial charge in [0.15, 0.2) is 0 Å². The summed E-state index contributed by atoms with van der Waals surface area (Å²) in [6.07, 6.45) is 0. The number of para-hydroxylation sites is 2. The molecule has 0 spiro atoms. The summed E-state index contributed by atoms with van der Waals surface area (Å²) in [6, 6.07) is 14.1. The molecule has 25 heavy (non-hydrogen) atoms. The van der Waals surface area contributed by atoms with E-state index in [1.165, 1.54) is 0 Å². The van der Waals surface area contributed by atoms with Gasteiger partial charge in [-0.15, -0.1) is 0 Å². The fourth-order valence-electron chi connectivity index (χ4n) is 3.48. The number of nitrogens with zero attached hydrogens (tertiary/aromatic N) is 2. The van der Waals surface area contributed by atoms with Crippen LogP contribution in [0.4, 0.5) is 11.4 Å². The molecule has 2 aromatic rings. The second-order valence-corrected chi connectivity index (χ2v) is 6.33. The quantitative estimate of drug-likeness (QED) is 0.855. The Morgan fingerprint density at radius 2 is 1.68 bits per heavy atom. The predicted molar refractivity (Wildman–Crippen MR) is 99.7 cm³/mol. The molecule has 0 saturated carbocycles. The SMILES string of the molecule is COc1cc(CN2C[C@H](C)N(C(C)=O)c3ccccc32)cc(OC)c1. The maximum absolute atomic E-state index is 12.1. The fraction of sp³-hybridized carbons (Fsp3) is 0.350. The van der Waals surface area contributed by atoms with E-state index in [-0.39, 0.29) is 11.9 Å². The highest BCUT2D eigenvalue weighted by Gasteiger charge is 2.30. The minimum absolute atomic E-state index is 0.0719. The van der Waals surface area contributed by atoms with Crippen LogP contribution in [0.1, 0.15) is 19.4 Å². The molecule has 132 valence electrons. The molecule has 1 aliphatic rings. The summed E-state index contributed by atoms with van der Waals surface area (Å²) >= 11 is 0. The van der Waals surface area contributed by atoms with Crippen LogP contribution in [0, 0.1) is 0 Å². The number of rotatable bonds is 4. The highest BCUT2D eigenvalue weighted by molar-refractivity contribution is 5.97. The van der Waals surface area contributed by atoms with Crippen LogP contribution in [0.5, 0.6) is 11.5 Å². The van der Waals surface area contributed by atoms with Crippen LogP contribution in [-0.2, 0) is 11.3 Å². The zero-order valence-corrected chi connectivity index (χ0v) is 15.2. The molecule has 0 radical (unpaired) electrons. The Hall–Kier alpha value is -2.69. The smallest absolute Gasteiger partial charge is 0.224 e. The second kappa shape index (κ2) is 7.05. The van der Waals surface area contributed by atoms with E-state index in [1.807, 2.05) is 41.3 Å². The minimum atomic E-state index is 0.0719. The Kier molecular flexibility index (Phi) is 4.83. The topological polar surface area (TPSA) is 42.0 Å². The minimum Gasteiger partial charge on any atom is -0.497 e. The van der Waals surface area contributed by atoms with Gasteiger partial charge in [-0.2, -0.15) is 0 Å². The molecule has 1 atom stereocenters. The normalized spacial score (nSPS) is 16.4. The van der Waals surface area contributed by atoms with Crippen molar-refractivity contribution in [3.8, 4) is 11.5 Å². The number of hydrogen-bond acceptors (Lipinski definition) is 4. The van der Waals surface area contributed by atoms with Crippen molar-refractivity contribution in [1.29, 1.82) is 0 Å². The van der Waals surface area contributed by atoms with Crippen molar-refractivity contribution >= 4 is 17.3 Å². The molecule has 0 unspecified atom stereocenters. The zero-order valence-electron chi connectivity index (χ0n) is 15.2. The molecular formula is C20H24N2O3. The standard InChI is InChI=1S/C20H24N2O3/c1-14-12-21(13-16-9-17(24-3)11-18(10-16)25-4)19-7-5-6-8-20(19)22(14)15(2)23/h5-11,14H,12-13H2,1-4H3/t14-/m0/s1. The van der Waals surface area contributed by atoms with Gasteiger partial charge < -0.3 is 19.3 Å². The van der Waals surface area contributed by atoms with Crippen LogP contribution < -0.4 is 19.3 Å². The first-order chi connectivity index (χ1) is 12.0. The molecule has 1 amide bonds. The molecule has 5 heteroatoms. The van der Waals surface area contributed by atoms with Gasteiger partial charge in [0.05, 0.1) is 31.6 Å². The van der Waals surface area contributed by atoms with Gasteiger partial charge in [-0.3, -0.25) is 4.79 Å². The Bertz CT molecular complexity index is 753. The van der Waals surface area contributed by atoms with Crippen molar-refractivity contribution in [2.75, 3.05) is 30.6 Å². The van der Waals surface area contributed by atoms with Gasteiger partial charge in [0.25, 0.3) is 0 Å². The van der Waals surface area contributed by atoms with Crippen molar-refractivity contribution in [1.82, 2.24) is 0 Å². The lowest BCUT2D eigenvalue weighted by Crippen LogP contribution is -2.49. The van der Waals surface area contributed by atoms with Crippen LogP contribution >= 0.6 is 0 Å². The fourth-order valence-corrected chi connectivity index (χ4v) is 3.48. The summed E-state index contributed by atoms with van der Waals surface area (Å²) in [5.41, 5.74) is 3.13. The van der Waals surface area contributed by atoms with E-state index in [4.69, 9.17) is 9.47 Å². The molecule has 0 fully saturated rings. The number of amides is 1. The zero-order chi connectivity index (χ0) is 18.0. The summed E-state index contributed by atoms with van der Waals surface area (Å²) < 4.78 is 10.7. The second-order valence-electron chi connectivity index (χ2n) is 6.33. The van der Waals surface area contributed by atoms with E-state index < -0.39 is 0 Å². The summed E-state index contributed by atoms with van der Waals surface area (Å²) in [5, 5.41) is 0. The first-order valence-corrected chi connectivity index (χ1v) is 8.39. The average molecular weight is 340 g/mol. The molecule has 0 N–H and O–H groups in total. The van der Waals surface area contributed by atoms with E-state index in [1.54, 1.807) is 21.1 Å². The van der Waals surface area contributed by atoms with Crippen molar-refractivity contribution in [3.63, 3.8) is 0 Å². The lowest BCUT2D eigenvalue weighted by atomic mass is 10.1. The van der Waals surface area contributed by atoms with Crippen molar-refractivity contribution in [2.24, 2.45) is 0 Å². The molecule has 0 bridgehead atoms. The predicted octanol–water partition coefficient (Wildman–Crippen LogP) is 3.47. The molecule has 2 aromatic carbocycles. The van der Waals surface area contributed by atoms with Gasteiger partial charge in [0, 0.05) is 26.1 Å². The van der Waals surface area contributed by atoms with Gasteiger partial charge in [0.1, 0.15) is 11.5 Å². The van der Waals surface area contributed by atoms with Crippen LogP contribution in [0.15, 0.2) is 42.5 Å². The van der Waals surface area contributed by atoms with Gasteiger partial charge in [-0.1, -0.05) is 12.1 Å². The van der Waals surface area contributed by atoms with Gasteiger partial charge in [-0.25, -0.2) is 0 Å². The summed E-state index contributed by atoms with van der Waals surface area (Å²) in [5.74, 6) is 1.62. The van der Waals surface area contributed by atoms with Crippen LogP contribution in [-0.4, -0.2) is 32.7 Å². The Morgan fingerprint density at radius 3 is 2.24 bits per heavy atom. The third-order valence-electron chi connectivity index (χ3n) is 4.53. The maximum Gasteiger partial charge on any atom is 0.224 e. The lowest BCUT2D eigenvalue weighted by Gasteiger charge is -2.42. The Labute approximate surface area is 148 Å². The molecule has 0 aliphatic carbocycles. The monoisotopic (exact) mass is 340 g/mol. The van der Waals surface area contributed by atoms with E-state index in [0.29, 0.717) is 0 Å². The molecule has 5 nitrogen and oxygen atoms in total. The number of carbonyl (C=O) groups is 1. The number of carbonyl (C=O) groups excluding carboxylic acids is 1. The Balaban J connectivity index is 1.96. The van der Waals surface area contributed by atoms with Crippen molar-refractivity contribution in [3.05, 3.63) is 48.0 Å².